The zero-order chi connectivity index (χ0) is 11.5. The summed E-state index contributed by atoms with van der Waals surface area (Å²) in [5, 5.41) is 5.72. The molecule has 0 aromatic rings. The van der Waals surface area contributed by atoms with Gasteiger partial charge in [0.2, 0.25) is 0 Å². The van der Waals surface area contributed by atoms with E-state index >= 15 is 0 Å². The Morgan fingerprint density at radius 2 is 2.07 bits per heavy atom. The van der Waals surface area contributed by atoms with E-state index in [4.69, 9.17) is 4.74 Å². The van der Waals surface area contributed by atoms with Crippen molar-refractivity contribution >= 4 is 6.09 Å². The summed E-state index contributed by atoms with van der Waals surface area (Å²) in [7, 11) is 0. The third-order valence-corrected chi connectivity index (χ3v) is 2.27. The maximum absolute atomic E-state index is 11.4. The van der Waals surface area contributed by atoms with Crippen molar-refractivity contribution in [2.75, 3.05) is 0 Å². The van der Waals surface area contributed by atoms with Crippen molar-refractivity contribution in [3.8, 4) is 0 Å². The number of hydrogen-bond donors (Lipinski definition) is 1. The van der Waals surface area contributed by atoms with E-state index in [-0.39, 0.29) is 12.1 Å². The minimum Gasteiger partial charge on any atom is -0.444 e. The predicted octanol–water partition coefficient (Wildman–Crippen LogP) is 2.20. The van der Waals surface area contributed by atoms with E-state index < -0.39 is 11.7 Å². The fourth-order valence-corrected chi connectivity index (χ4v) is 1.66. The van der Waals surface area contributed by atoms with Gasteiger partial charge in [-0.1, -0.05) is 5.18 Å². The van der Waals surface area contributed by atoms with Crippen molar-refractivity contribution in [2.24, 2.45) is 5.18 Å². The third-order valence-electron chi connectivity index (χ3n) is 2.27. The number of amides is 1. The zero-order valence-corrected chi connectivity index (χ0v) is 9.45. The molecule has 0 bridgehead atoms. The van der Waals surface area contributed by atoms with Gasteiger partial charge in [-0.25, -0.2) is 4.79 Å². The Labute approximate surface area is 89.5 Å². The average molecular weight is 214 g/mol. The summed E-state index contributed by atoms with van der Waals surface area (Å²) >= 11 is 0. The van der Waals surface area contributed by atoms with Gasteiger partial charge in [-0.05, 0) is 40.0 Å². The highest BCUT2D eigenvalue weighted by Gasteiger charge is 2.28. The molecule has 1 N–H and O–H groups in total. The Hall–Kier alpha value is -1.13. The first kappa shape index (κ1) is 11.9. The molecule has 0 aliphatic heterocycles. The lowest BCUT2D eigenvalue weighted by Crippen LogP contribution is -2.38. The van der Waals surface area contributed by atoms with Crippen LogP contribution in [0.15, 0.2) is 5.18 Å². The topological polar surface area (TPSA) is 67.8 Å². The normalized spacial score (nSPS) is 26.1. The van der Waals surface area contributed by atoms with Crippen LogP contribution in [0.1, 0.15) is 40.0 Å². The molecule has 1 fully saturated rings. The smallest absolute Gasteiger partial charge is 0.407 e. The van der Waals surface area contributed by atoms with Crippen molar-refractivity contribution in [2.45, 2.75) is 57.7 Å². The standard InChI is InChI=1S/C10H18N2O3/c1-10(2,3)15-9(13)11-7-4-5-8(6-7)12-14/h7-8H,4-6H2,1-3H3,(H,11,13). The van der Waals surface area contributed by atoms with Gasteiger partial charge in [0.05, 0.1) is 6.04 Å². The second kappa shape index (κ2) is 4.59. The van der Waals surface area contributed by atoms with Crippen molar-refractivity contribution in [3.63, 3.8) is 0 Å². The first-order valence-corrected chi connectivity index (χ1v) is 5.22. The van der Waals surface area contributed by atoms with Gasteiger partial charge in [0.1, 0.15) is 5.60 Å². The molecular formula is C10H18N2O3. The van der Waals surface area contributed by atoms with Crippen LogP contribution < -0.4 is 5.32 Å². The van der Waals surface area contributed by atoms with Gasteiger partial charge in [0, 0.05) is 6.04 Å². The monoisotopic (exact) mass is 214 g/mol. The van der Waals surface area contributed by atoms with Crippen LogP contribution in [-0.4, -0.2) is 23.8 Å². The minimum absolute atomic E-state index is 0.0301. The largest absolute Gasteiger partial charge is 0.444 e. The molecule has 0 aromatic heterocycles. The molecule has 0 heterocycles. The van der Waals surface area contributed by atoms with Crippen LogP contribution in [0, 0.1) is 4.91 Å². The van der Waals surface area contributed by atoms with E-state index in [1.165, 1.54) is 0 Å². The van der Waals surface area contributed by atoms with Gasteiger partial charge in [0.15, 0.2) is 0 Å². The number of nitrogens with one attached hydrogen (secondary N) is 1. The van der Waals surface area contributed by atoms with E-state index in [0.29, 0.717) is 6.42 Å². The van der Waals surface area contributed by atoms with E-state index in [1.54, 1.807) is 0 Å². The Bertz CT molecular complexity index is 248. The first-order chi connectivity index (χ1) is 6.90. The van der Waals surface area contributed by atoms with Crippen LogP contribution in [0.5, 0.6) is 0 Å². The maximum Gasteiger partial charge on any atom is 0.407 e. The number of carbonyl (C=O) groups is 1. The summed E-state index contributed by atoms with van der Waals surface area (Å²) in [5.41, 5.74) is -0.481. The maximum atomic E-state index is 11.4. The van der Waals surface area contributed by atoms with Gasteiger partial charge < -0.3 is 10.1 Å². The Morgan fingerprint density at radius 3 is 2.53 bits per heavy atom. The second-order valence-electron chi connectivity index (χ2n) is 4.92. The molecule has 0 aromatic carbocycles. The number of carbonyl (C=O) groups excluding carboxylic acids is 1. The van der Waals surface area contributed by atoms with Gasteiger partial charge in [-0.3, -0.25) is 0 Å². The molecule has 0 saturated heterocycles. The lowest BCUT2D eigenvalue weighted by atomic mass is 10.2. The molecule has 1 saturated carbocycles. The van der Waals surface area contributed by atoms with Crippen molar-refractivity contribution in [1.29, 1.82) is 0 Å². The molecule has 86 valence electrons. The molecule has 2 unspecified atom stereocenters. The van der Waals surface area contributed by atoms with Crippen LogP contribution in [0.2, 0.25) is 0 Å². The molecule has 0 radical (unpaired) electrons. The van der Waals surface area contributed by atoms with Crippen LogP contribution in [0.25, 0.3) is 0 Å². The quantitative estimate of drug-likeness (QED) is 0.716. The summed E-state index contributed by atoms with van der Waals surface area (Å²) < 4.78 is 5.11. The molecule has 1 aliphatic carbocycles. The minimum atomic E-state index is -0.481. The van der Waals surface area contributed by atoms with Crippen molar-refractivity contribution in [3.05, 3.63) is 4.91 Å². The highest BCUT2D eigenvalue weighted by molar-refractivity contribution is 5.68. The summed E-state index contributed by atoms with van der Waals surface area (Å²) in [6.45, 7) is 5.45. The Balaban J connectivity index is 2.31. The molecular weight excluding hydrogens is 196 g/mol. The number of hydrogen-bond acceptors (Lipinski definition) is 4. The Morgan fingerprint density at radius 1 is 1.40 bits per heavy atom. The summed E-state index contributed by atoms with van der Waals surface area (Å²) in [5.74, 6) is 0. The fourth-order valence-electron chi connectivity index (χ4n) is 1.66. The number of alkyl carbamates (subject to hydrolysis) is 1. The van der Waals surface area contributed by atoms with E-state index in [1.807, 2.05) is 20.8 Å². The molecule has 1 rings (SSSR count). The molecule has 5 heteroatoms. The van der Waals surface area contributed by atoms with Crippen molar-refractivity contribution < 1.29 is 9.53 Å². The number of rotatable bonds is 2. The highest BCUT2D eigenvalue weighted by atomic mass is 16.6. The molecule has 2 atom stereocenters. The molecule has 5 nitrogen and oxygen atoms in total. The summed E-state index contributed by atoms with van der Waals surface area (Å²) in [6.07, 6.45) is 1.77. The lowest BCUT2D eigenvalue weighted by molar-refractivity contribution is 0.0505. The number of nitrogens with zero attached hydrogens (tertiary/aromatic N) is 1. The summed E-state index contributed by atoms with van der Waals surface area (Å²) in [6, 6.07) is -0.118. The van der Waals surface area contributed by atoms with Crippen LogP contribution in [-0.2, 0) is 4.74 Å². The number of ether oxygens (including phenoxy) is 1. The van der Waals surface area contributed by atoms with Crippen LogP contribution in [0.3, 0.4) is 0 Å². The van der Waals surface area contributed by atoms with Crippen LogP contribution in [0.4, 0.5) is 4.79 Å². The second-order valence-corrected chi connectivity index (χ2v) is 4.92. The number of nitroso groups, excluding NO2 is 1. The SMILES string of the molecule is CC(C)(C)OC(=O)NC1CCC(N=O)C1. The lowest BCUT2D eigenvalue weighted by Gasteiger charge is -2.21. The molecule has 1 aliphatic rings. The highest BCUT2D eigenvalue weighted by Crippen LogP contribution is 2.22. The predicted molar refractivity (Wildman–Crippen MR) is 56.6 cm³/mol. The van der Waals surface area contributed by atoms with E-state index in [0.717, 1.165) is 12.8 Å². The summed E-state index contributed by atoms with van der Waals surface area (Å²) in [4.78, 5) is 21.6. The van der Waals surface area contributed by atoms with E-state index in [2.05, 4.69) is 10.5 Å². The zero-order valence-electron chi connectivity index (χ0n) is 9.45. The van der Waals surface area contributed by atoms with E-state index in [9.17, 15) is 9.70 Å². The average Bonchev–Trinajstić information content (AvgIpc) is 2.48. The first-order valence-electron chi connectivity index (χ1n) is 5.22. The van der Waals surface area contributed by atoms with Gasteiger partial charge >= 0.3 is 6.09 Å². The van der Waals surface area contributed by atoms with Gasteiger partial charge in [-0.15, -0.1) is 0 Å². The Kier molecular flexibility index (Phi) is 3.66. The fraction of sp³-hybridized carbons (Fsp3) is 0.900. The molecule has 15 heavy (non-hydrogen) atoms. The molecule has 0 spiro atoms. The molecule has 1 amide bonds. The van der Waals surface area contributed by atoms with Crippen molar-refractivity contribution in [1.82, 2.24) is 5.32 Å². The third kappa shape index (κ3) is 4.27. The van der Waals surface area contributed by atoms with Crippen LogP contribution >= 0.6 is 0 Å². The van der Waals surface area contributed by atoms with Gasteiger partial charge in [0.25, 0.3) is 0 Å². The van der Waals surface area contributed by atoms with Gasteiger partial charge in [-0.2, -0.15) is 4.91 Å².